The van der Waals surface area contributed by atoms with Crippen molar-refractivity contribution >= 4 is 40.3 Å². The van der Waals surface area contributed by atoms with Gasteiger partial charge in [0.05, 0.1) is 21.5 Å². The summed E-state index contributed by atoms with van der Waals surface area (Å²) in [6.45, 7) is 0. The fourth-order valence-corrected chi connectivity index (χ4v) is 2.02. The molecule has 0 bridgehead atoms. The van der Waals surface area contributed by atoms with Gasteiger partial charge in [-0.3, -0.25) is 25.0 Å². The van der Waals surface area contributed by atoms with Crippen LogP contribution in [0.5, 0.6) is 0 Å². The molecule has 0 aromatic heterocycles. The van der Waals surface area contributed by atoms with Crippen molar-refractivity contribution in [2.24, 2.45) is 0 Å². The normalized spacial score (nSPS) is 10.1. The number of nitrogens with zero attached hydrogens (tertiary/aromatic N) is 2. The van der Waals surface area contributed by atoms with E-state index in [1.54, 1.807) is 12.1 Å². The van der Waals surface area contributed by atoms with Crippen molar-refractivity contribution in [3.63, 3.8) is 0 Å². The zero-order chi connectivity index (χ0) is 17.1. The third kappa shape index (κ3) is 3.52. The van der Waals surface area contributed by atoms with Gasteiger partial charge in [-0.15, -0.1) is 0 Å². The molecule has 1 amide bonds. The molecule has 0 saturated heterocycles. The predicted octanol–water partition coefficient (Wildman–Crippen LogP) is 2.99. The van der Waals surface area contributed by atoms with E-state index in [-0.39, 0.29) is 5.56 Å². The maximum absolute atomic E-state index is 12.2. The number of benzene rings is 2. The Morgan fingerprint density at radius 2 is 1.83 bits per heavy atom. The topological polar surface area (TPSA) is 141 Å². The van der Waals surface area contributed by atoms with E-state index in [1.165, 1.54) is 12.1 Å². The molecular weight excluding hydrogens is 328 g/mol. The Hall–Kier alpha value is -3.20. The second kappa shape index (κ2) is 6.28. The van der Waals surface area contributed by atoms with Gasteiger partial charge in [-0.1, -0.05) is 17.7 Å². The number of amides is 1. The third-order valence-electron chi connectivity index (χ3n) is 2.88. The number of hydrogen-bond donors (Lipinski definition) is 2. The highest BCUT2D eigenvalue weighted by Gasteiger charge is 2.25. The Labute approximate surface area is 134 Å². The summed E-state index contributed by atoms with van der Waals surface area (Å²) in [5.74, 6) is -0.823. The number of nitrogens with two attached hydrogens (primary N) is 1. The lowest BCUT2D eigenvalue weighted by Crippen LogP contribution is -2.15. The smallest absolute Gasteiger partial charge is 0.299 e. The van der Waals surface area contributed by atoms with Gasteiger partial charge in [0.2, 0.25) is 0 Å². The maximum Gasteiger partial charge on any atom is 0.299 e. The predicted molar refractivity (Wildman–Crippen MR) is 83.6 cm³/mol. The molecule has 118 valence electrons. The van der Waals surface area contributed by atoms with E-state index in [2.05, 4.69) is 5.32 Å². The van der Waals surface area contributed by atoms with Crippen molar-refractivity contribution in [3.05, 3.63) is 67.2 Å². The van der Waals surface area contributed by atoms with Gasteiger partial charge in [0, 0.05) is 16.8 Å². The molecule has 2 aromatic rings. The highest BCUT2D eigenvalue weighted by Crippen LogP contribution is 2.31. The molecule has 0 aliphatic carbocycles. The molecule has 0 unspecified atom stereocenters. The highest BCUT2D eigenvalue weighted by atomic mass is 35.5. The standard InChI is InChI=1S/C13H9ClN4O5/c14-7-2-1-3-8(4-7)16-13(19)10-5-9(17(20)21)6-11(12(10)15)18(22)23/h1-6H,15H2,(H,16,19). The van der Waals surface area contributed by atoms with Crippen LogP contribution in [-0.4, -0.2) is 15.8 Å². The van der Waals surface area contributed by atoms with Gasteiger partial charge in [0.25, 0.3) is 17.3 Å². The molecule has 0 heterocycles. The number of anilines is 2. The van der Waals surface area contributed by atoms with Crippen LogP contribution in [0.1, 0.15) is 10.4 Å². The number of nitrogens with one attached hydrogen (secondary N) is 1. The second-order valence-corrected chi connectivity index (χ2v) is 4.84. The fraction of sp³-hybridized carbons (Fsp3) is 0. The summed E-state index contributed by atoms with van der Waals surface area (Å²) in [5, 5.41) is 24.6. The van der Waals surface area contributed by atoms with Crippen LogP contribution in [0.3, 0.4) is 0 Å². The summed E-state index contributed by atoms with van der Waals surface area (Å²) in [6, 6.07) is 7.72. The van der Waals surface area contributed by atoms with Crippen LogP contribution >= 0.6 is 11.6 Å². The fourth-order valence-electron chi connectivity index (χ4n) is 1.83. The first-order valence-electron chi connectivity index (χ1n) is 6.09. The minimum atomic E-state index is -0.890. The van der Waals surface area contributed by atoms with Crippen LogP contribution in [-0.2, 0) is 0 Å². The van der Waals surface area contributed by atoms with Crippen LogP contribution in [0.15, 0.2) is 36.4 Å². The number of nitro groups is 2. The van der Waals surface area contributed by atoms with Gasteiger partial charge in [0.15, 0.2) is 0 Å². The molecule has 2 rings (SSSR count). The molecule has 2 aromatic carbocycles. The molecule has 0 atom stereocenters. The lowest BCUT2D eigenvalue weighted by atomic mass is 10.1. The van der Waals surface area contributed by atoms with Gasteiger partial charge >= 0.3 is 0 Å². The van der Waals surface area contributed by atoms with Gasteiger partial charge in [-0.25, -0.2) is 0 Å². The molecule has 0 saturated carbocycles. The largest absolute Gasteiger partial charge is 0.392 e. The first-order chi connectivity index (χ1) is 10.8. The van der Waals surface area contributed by atoms with Crippen LogP contribution in [0.25, 0.3) is 0 Å². The molecular formula is C13H9ClN4O5. The third-order valence-corrected chi connectivity index (χ3v) is 3.11. The first-order valence-corrected chi connectivity index (χ1v) is 6.46. The van der Waals surface area contributed by atoms with Crippen LogP contribution < -0.4 is 11.1 Å². The summed E-state index contributed by atoms with van der Waals surface area (Å²) >= 11 is 5.78. The number of halogens is 1. The number of nitro benzene ring substituents is 2. The molecule has 23 heavy (non-hydrogen) atoms. The van der Waals surface area contributed by atoms with Crippen molar-refractivity contribution in [2.75, 3.05) is 11.1 Å². The maximum atomic E-state index is 12.2. The van der Waals surface area contributed by atoms with E-state index in [1.807, 2.05) is 0 Å². The number of carbonyl (C=O) groups excluding carboxylic acids is 1. The first kappa shape index (κ1) is 16.2. The minimum Gasteiger partial charge on any atom is -0.392 e. The number of hydrogen-bond acceptors (Lipinski definition) is 6. The Morgan fingerprint density at radius 1 is 1.13 bits per heavy atom. The summed E-state index contributed by atoms with van der Waals surface area (Å²) in [5.41, 5.74) is 3.75. The van der Waals surface area contributed by atoms with Crippen LogP contribution in [0.2, 0.25) is 5.02 Å². The Bertz CT molecular complexity index is 824. The second-order valence-electron chi connectivity index (χ2n) is 4.40. The summed E-state index contributed by atoms with van der Waals surface area (Å²) in [7, 11) is 0. The number of rotatable bonds is 4. The average molecular weight is 337 g/mol. The molecule has 0 spiro atoms. The number of non-ortho nitro benzene ring substituents is 1. The summed E-state index contributed by atoms with van der Waals surface area (Å²) < 4.78 is 0. The van der Waals surface area contributed by atoms with Crippen molar-refractivity contribution in [1.82, 2.24) is 0 Å². The van der Waals surface area contributed by atoms with Crippen molar-refractivity contribution in [3.8, 4) is 0 Å². The molecule has 3 N–H and O–H groups in total. The lowest BCUT2D eigenvalue weighted by molar-refractivity contribution is -0.393. The van der Waals surface area contributed by atoms with Crippen molar-refractivity contribution in [2.45, 2.75) is 0 Å². The van der Waals surface area contributed by atoms with Gasteiger partial charge < -0.3 is 11.1 Å². The molecule has 0 aliphatic rings. The monoisotopic (exact) mass is 336 g/mol. The molecule has 10 heteroatoms. The minimum absolute atomic E-state index is 0.316. The van der Waals surface area contributed by atoms with Gasteiger partial charge in [0.1, 0.15) is 5.69 Å². The molecule has 0 aliphatic heterocycles. The van der Waals surface area contributed by atoms with Crippen molar-refractivity contribution < 1.29 is 14.6 Å². The van der Waals surface area contributed by atoms with E-state index in [4.69, 9.17) is 17.3 Å². The molecule has 9 nitrogen and oxygen atoms in total. The van der Waals surface area contributed by atoms with Gasteiger partial charge in [-0.05, 0) is 18.2 Å². The van der Waals surface area contributed by atoms with Gasteiger partial charge in [-0.2, -0.15) is 0 Å². The summed E-state index contributed by atoms with van der Waals surface area (Å²) in [4.78, 5) is 32.3. The number of carbonyl (C=O) groups is 1. The Balaban J connectivity index is 2.46. The average Bonchev–Trinajstić information content (AvgIpc) is 2.46. The Kier molecular flexibility index (Phi) is 4.42. The quantitative estimate of drug-likeness (QED) is 0.499. The van der Waals surface area contributed by atoms with E-state index in [0.717, 1.165) is 6.07 Å². The van der Waals surface area contributed by atoms with E-state index < -0.39 is 32.8 Å². The molecule has 0 radical (unpaired) electrons. The SMILES string of the molecule is Nc1c(C(=O)Nc2cccc(Cl)c2)cc([N+](=O)[O-])cc1[N+](=O)[O-]. The zero-order valence-corrected chi connectivity index (χ0v) is 12.1. The van der Waals surface area contributed by atoms with Crippen LogP contribution in [0.4, 0.5) is 22.7 Å². The van der Waals surface area contributed by atoms with Crippen LogP contribution in [0, 0.1) is 20.2 Å². The van der Waals surface area contributed by atoms with Crippen molar-refractivity contribution in [1.29, 1.82) is 0 Å². The number of nitrogen functional groups attached to an aromatic ring is 1. The van der Waals surface area contributed by atoms with E-state index >= 15 is 0 Å². The summed E-state index contributed by atoms with van der Waals surface area (Å²) in [6.07, 6.45) is 0. The highest BCUT2D eigenvalue weighted by molar-refractivity contribution is 6.31. The molecule has 0 fully saturated rings. The lowest BCUT2D eigenvalue weighted by Gasteiger charge is -2.08. The van der Waals surface area contributed by atoms with E-state index in [9.17, 15) is 25.0 Å². The Morgan fingerprint density at radius 3 is 2.39 bits per heavy atom. The van der Waals surface area contributed by atoms with E-state index in [0.29, 0.717) is 16.8 Å². The zero-order valence-electron chi connectivity index (χ0n) is 11.4.